The molecule has 0 bridgehead atoms. The molecular formula is C12H16O4. The van der Waals surface area contributed by atoms with Crippen LogP contribution in [0.5, 0.6) is 5.75 Å². The smallest absolute Gasteiger partial charge is 0.305 e. The number of hydrogen-bond donors (Lipinski definition) is 2. The minimum absolute atomic E-state index is 0.229. The van der Waals surface area contributed by atoms with Crippen LogP contribution in [0.25, 0.3) is 0 Å². The molecule has 4 nitrogen and oxygen atoms in total. The van der Waals surface area contributed by atoms with Gasteiger partial charge in [0.1, 0.15) is 5.75 Å². The van der Waals surface area contributed by atoms with Crippen molar-refractivity contribution in [2.45, 2.75) is 25.9 Å². The van der Waals surface area contributed by atoms with E-state index in [1.54, 1.807) is 0 Å². The number of aliphatic hydroxyl groups excluding tert-OH is 1. The summed E-state index contributed by atoms with van der Waals surface area (Å²) in [6.45, 7) is 2.52. The second-order valence-corrected chi connectivity index (χ2v) is 3.53. The van der Waals surface area contributed by atoms with Gasteiger partial charge in [0.05, 0.1) is 19.1 Å². The first kappa shape index (κ1) is 12.5. The monoisotopic (exact) mass is 224 g/mol. The molecule has 0 aliphatic carbocycles. The van der Waals surface area contributed by atoms with Crippen molar-refractivity contribution in [2.24, 2.45) is 0 Å². The summed E-state index contributed by atoms with van der Waals surface area (Å²) in [6.07, 6.45) is -0.721. The number of carbonyl (C=O) groups is 1. The summed E-state index contributed by atoms with van der Waals surface area (Å²) in [4.78, 5) is 10.4. The molecule has 0 fully saturated rings. The van der Waals surface area contributed by atoms with E-state index in [0.29, 0.717) is 13.0 Å². The van der Waals surface area contributed by atoms with Crippen LogP contribution in [0.2, 0.25) is 0 Å². The maximum Gasteiger partial charge on any atom is 0.305 e. The first-order chi connectivity index (χ1) is 7.61. The van der Waals surface area contributed by atoms with Crippen LogP contribution in [0.4, 0.5) is 0 Å². The highest BCUT2D eigenvalue weighted by molar-refractivity contribution is 5.67. The highest BCUT2D eigenvalue weighted by Gasteiger charge is 2.10. The van der Waals surface area contributed by atoms with Gasteiger partial charge in [-0.25, -0.2) is 0 Å². The molecule has 88 valence electrons. The van der Waals surface area contributed by atoms with Gasteiger partial charge in [0.2, 0.25) is 0 Å². The van der Waals surface area contributed by atoms with E-state index in [4.69, 9.17) is 9.84 Å². The largest absolute Gasteiger partial charge is 0.494 e. The van der Waals surface area contributed by atoms with Gasteiger partial charge in [0.25, 0.3) is 0 Å². The van der Waals surface area contributed by atoms with Crippen molar-refractivity contribution < 1.29 is 19.7 Å². The molecule has 0 saturated carbocycles. The zero-order valence-corrected chi connectivity index (χ0v) is 9.22. The lowest BCUT2D eigenvalue weighted by Gasteiger charge is -2.08. The average Bonchev–Trinajstić information content (AvgIpc) is 2.20. The normalized spacial score (nSPS) is 12.1. The number of hydrogen-bond acceptors (Lipinski definition) is 3. The van der Waals surface area contributed by atoms with Crippen LogP contribution >= 0.6 is 0 Å². The second-order valence-electron chi connectivity index (χ2n) is 3.53. The summed E-state index contributed by atoms with van der Waals surface area (Å²) in [5.74, 6) is -0.211. The summed E-state index contributed by atoms with van der Waals surface area (Å²) in [6, 6.07) is 7.28. The number of aliphatic hydroxyl groups is 1. The van der Waals surface area contributed by atoms with Gasteiger partial charge in [-0.3, -0.25) is 4.79 Å². The van der Waals surface area contributed by atoms with E-state index in [-0.39, 0.29) is 6.42 Å². The third-order valence-electron chi connectivity index (χ3n) is 2.12. The third-order valence-corrected chi connectivity index (χ3v) is 2.12. The number of rotatable bonds is 6. The quantitative estimate of drug-likeness (QED) is 0.767. The summed E-state index contributed by atoms with van der Waals surface area (Å²) in [5.41, 5.74) is 0.900. The molecule has 0 saturated heterocycles. The molecular weight excluding hydrogens is 208 g/mol. The maximum atomic E-state index is 10.4. The molecule has 0 aliphatic rings. The Morgan fingerprint density at radius 3 is 2.50 bits per heavy atom. The molecule has 1 atom stereocenters. The molecule has 4 heteroatoms. The standard InChI is InChI=1S/C12H16O4/c1-2-16-11-5-3-9(4-6-11)7-10(13)8-12(14)15/h3-6,10,13H,2,7-8H2,1H3,(H,14,15). The van der Waals surface area contributed by atoms with Gasteiger partial charge in [-0.2, -0.15) is 0 Å². The minimum Gasteiger partial charge on any atom is -0.494 e. The van der Waals surface area contributed by atoms with Crippen molar-refractivity contribution in [2.75, 3.05) is 6.61 Å². The SMILES string of the molecule is CCOc1ccc(CC(O)CC(=O)O)cc1. The summed E-state index contributed by atoms with van der Waals surface area (Å²) in [7, 11) is 0. The Hall–Kier alpha value is -1.55. The number of carboxylic acids is 1. The van der Waals surface area contributed by atoms with Crippen molar-refractivity contribution in [3.05, 3.63) is 29.8 Å². The van der Waals surface area contributed by atoms with Crippen molar-refractivity contribution in [1.29, 1.82) is 0 Å². The van der Waals surface area contributed by atoms with E-state index in [0.717, 1.165) is 11.3 Å². The maximum absolute atomic E-state index is 10.4. The van der Waals surface area contributed by atoms with Crippen molar-refractivity contribution >= 4 is 5.97 Å². The fraction of sp³-hybridized carbons (Fsp3) is 0.417. The first-order valence-corrected chi connectivity index (χ1v) is 5.23. The molecule has 1 rings (SSSR count). The minimum atomic E-state index is -0.988. The molecule has 2 N–H and O–H groups in total. The Morgan fingerprint density at radius 2 is 2.00 bits per heavy atom. The molecule has 1 aromatic carbocycles. The van der Waals surface area contributed by atoms with E-state index >= 15 is 0 Å². The molecule has 1 aromatic rings. The number of carboxylic acid groups (broad SMARTS) is 1. The first-order valence-electron chi connectivity index (χ1n) is 5.23. The van der Waals surface area contributed by atoms with Crippen molar-refractivity contribution in [3.63, 3.8) is 0 Å². The van der Waals surface area contributed by atoms with Crippen molar-refractivity contribution in [1.82, 2.24) is 0 Å². The molecule has 0 spiro atoms. The van der Waals surface area contributed by atoms with Crippen LogP contribution in [-0.2, 0) is 11.2 Å². The lowest BCUT2D eigenvalue weighted by atomic mass is 10.1. The van der Waals surface area contributed by atoms with Crippen LogP contribution < -0.4 is 4.74 Å². The molecule has 0 heterocycles. The molecule has 0 radical (unpaired) electrons. The molecule has 0 aliphatic heterocycles. The summed E-state index contributed by atoms with van der Waals surface area (Å²) >= 11 is 0. The summed E-state index contributed by atoms with van der Waals surface area (Å²) < 4.78 is 5.27. The fourth-order valence-corrected chi connectivity index (χ4v) is 1.43. The van der Waals surface area contributed by atoms with E-state index < -0.39 is 12.1 Å². The number of aliphatic carboxylic acids is 1. The zero-order valence-electron chi connectivity index (χ0n) is 9.22. The van der Waals surface area contributed by atoms with E-state index in [2.05, 4.69) is 0 Å². The predicted molar refractivity (Wildman–Crippen MR) is 59.6 cm³/mol. The lowest BCUT2D eigenvalue weighted by molar-refractivity contribution is -0.139. The van der Waals surface area contributed by atoms with Crippen LogP contribution in [0, 0.1) is 0 Å². The van der Waals surface area contributed by atoms with Crippen LogP contribution in [0.3, 0.4) is 0 Å². The third kappa shape index (κ3) is 4.31. The Morgan fingerprint density at radius 1 is 1.38 bits per heavy atom. The number of ether oxygens (including phenoxy) is 1. The van der Waals surface area contributed by atoms with Crippen LogP contribution in [0.15, 0.2) is 24.3 Å². The Bertz CT molecular complexity index is 331. The summed E-state index contributed by atoms with van der Waals surface area (Å²) in [5, 5.41) is 17.9. The Labute approximate surface area is 94.5 Å². The topological polar surface area (TPSA) is 66.8 Å². The van der Waals surface area contributed by atoms with Gasteiger partial charge in [0.15, 0.2) is 0 Å². The molecule has 0 amide bonds. The highest BCUT2D eigenvalue weighted by atomic mass is 16.5. The molecule has 16 heavy (non-hydrogen) atoms. The number of benzene rings is 1. The van der Waals surface area contributed by atoms with Gasteiger partial charge < -0.3 is 14.9 Å². The zero-order chi connectivity index (χ0) is 12.0. The van der Waals surface area contributed by atoms with Crippen molar-refractivity contribution in [3.8, 4) is 5.75 Å². The highest BCUT2D eigenvalue weighted by Crippen LogP contribution is 2.14. The van der Waals surface area contributed by atoms with Gasteiger partial charge in [-0.1, -0.05) is 12.1 Å². The van der Waals surface area contributed by atoms with Crippen LogP contribution in [0.1, 0.15) is 18.9 Å². The Balaban J connectivity index is 2.51. The Kier molecular flexibility index (Phi) is 4.79. The van der Waals surface area contributed by atoms with Gasteiger partial charge in [0, 0.05) is 0 Å². The van der Waals surface area contributed by atoms with Gasteiger partial charge in [-0.15, -0.1) is 0 Å². The second kappa shape index (κ2) is 6.12. The average molecular weight is 224 g/mol. The lowest BCUT2D eigenvalue weighted by Crippen LogP contribution is -2.15. The predicted octanol–water partition coefficient (Wildman–Crippen LogP) is 1.46. The van der Waals surface area contributed by atoms with Gasteiger partial charge in [-0.05, 0) is 31.0 Å². The molecule has 1 unspecified atom stereocenters. The fourth-order valence-electron chi connectivity index (χ4n) is 1.43. The van der Waals surface area contributed by atoms with E-state index in [1.807, 2.05) is 31.2 Å². The van der Waals surface area contributed by atoms with Gasteiger partial charge >= 0.3 is 5.97 Å². The molecule has 0 aromatic heterocycles. The van der Waals surface area contributed by atoms with E-state index in [1.165, 1.54) is 0 Å². The van der Waals surface area contributed by atoms with E-state index in [9.17, 15) is 9.90 Å². The van der Waals surface area contributed by atoms with Crippen LogP contribution in [-0.4, -0.2) is 28.9 Å².